The molecular weight excluding hydrogens is 463 g/mol. The summed E-state index contributed by atoms with van der Waals surface area (Å²) in [5.41, 5.74) is 1.68. The van der Waals surface area contributed by atoms with Crippen molar-refractivity contribution in [3.8, 4) is 0 Å². The van der Waals surface area contributed by atoms with Gasteiger partial charge in [-0.1, -0.05) is 37.5 Å². The van der Waals surface area contributed by atoms with Crippen LogP contribution in [0.3, 0.4) is 0 Å². The van der Waals surface area contributed by atoms with Crippen LogP contribution in [0.25, 0.3) is 17.0 Å². The Kier molecular flexibility index (Phi) is 6.37. The third-order valence-corrected chi connectivity index (χ3v) is 6.63. The number of anilines is 1. The van der Waals surface area contributed by atoms with Gasteiger partial charge >= 0.3 is 6.03 Å². The number of amides is 5. The van der Waals surface area contributed by atoms with Crippen LogP contribution in [0, 0.1) is 5.82 Å². The minimum atomic E-state index is -0.733. The number of fused-ring (bicyclic) bond motifs is 1. The smallest absolute Gasteiger partial charge is 0.331 e. The Morgan fingerprint density at radius 1 is 1.03 bits per heavy atom. The maximum Gasteiger partial charge on any atom is 0.331 e. The van der Waals surface area contributed by atoms with Gasteiger partial charge in [-0.15, -0.1) is 0 Å². The normalized spacial score (nSPS) is 18.1. The van der Waals surface area contributed by atoms with Crippen molar-refractivity contribution in [2.75, 3.05) is 5.32 Å². The molecule has 2 aliphatic rings. The third-order valence-electron chi connectivity index (χ3n) is 6.63. The topological polar surface area (TPSA) is 101 Å². The molecule has 184 valence electrons. The second-order valence-corrected chi connectivity index (χ2v) is 9.07. The van der Waals surface area contributed by atoms with Crippen LogP contribution >= 0.6 is 0 Å². The predicted octanol–water partition coefficient (Wildman–Crippen LogP) is 4.21. The summed E-state index contributed by atoms with van der Waals surface area (Å²) >= 11 is 0. The van der Waals surface area contributed by atoms with Crippen LogP contribution in [0.2, 0.25) is 0 Å². The van der Waals surface area contributed by atoms with Crippen LogP contribution in [-0.2, 0) is 20.9 Å². The number of hydrogen-bond donors (Lipinski definition) is 2. The monoisotopic (exact) mass is 488 g/mol. The van der Waals surface area contributed by atoms with Crippen LogP contribution in [0.1, 0.15) is 37.7 Å². The number of imide groups is 2. The molecule has 1 aromatic heterocycles. The zero-order chi connectivity index (χ0) is 25.2. The number of nitrogens with one attached hydrogen (secondary N) is 2. The summed E-state index contributed by atoms with van der Waals surface area (Å²) in [6, 6.07) is 11.9. The van der Waals surface area contributed by atoms with Crippen molar-refractivity contribution in [1.29, 1.82) is 0 Å². The number of aromatic nitrogens is 1. The average molecular weight is 489 g/mol. The average Bonchev–Trinajstić information content (AvgIpc) is 3.20. The molecule has 5 rings (SSSR count). The number of barbiturate groups is 1. The number of carbonyl (C=O) groups excluding carboxylic acids is 4. The van der Waals surface area contributed by atoms with Crippen LogP contribution < -0.4 is 10.6 Å². The second kappa shape index (κ2) is 9.77. The molecule has 2 N–H and O–H groups in total. The minimum Gasteiger partial charge on any atom is -0.337 e. The van der Waals surface area contributed by atoms with Gasteiger partial charge in [-0.25, -0.2) is 9.18 Å². The summed E-state index contributed by atoms with van der Waals surface area (Å²) in [7, 11) is 0. The van der Waals surface area contributed by atoms with Gasteiger partial charge < -0.3 is 9.88 Å². The molecule has 0 bridgehead atoms. The molecule has 2 aromatic carbocycles. The van der Waals surface area contributed by atoms with Gasteiger partial charge in [0.2, 0.25) is 5.91 Å². The quantitative estimate of drug-likeness (QED) is 0.415. The number of carbonyl (C=O) groups is 4. The Morgan fingerprint density at radius 2 is 1.75 bits per heavy atom. The van der Waals surface area contributed by atoms with Crippen LogP contribution in [0.15, 0.2) is 60.3 Å². The lowest BCUT2D eigenvalue weighted by molar-refractivity contribution is -0.132. The van der Waals surface area contributed by atoms with Crippen LogP contribution in [0.4, 0.5) is 14.9 Å². The molecule has 8 nitrogen and oxygen atoms in total. The Hall–Kier alpha value is -4.27. The minimum absolute atomic E-state index is 0.0338. The fraction of sp³-hybridized carbons (Fsp3) is 0.259. The number of rotatable bonds is 5. The van der Waals surface area contributed by atoms with Gasteiger partial charge in [0.15, 0.2) is 0 Å². The molecule has 1 aliphatic heterocycles. The molecule has 0 radical (unpaired) electrons. The summed E-state index contributed by atoms with van der Waals surface area (Å²) < 4.78 is 14.9. The Labute approximate surface area is 206 Å². The summed E-state index contributed by atoms with van der Waals surface area (Å²) in [6.07, 6.45) is 7.56. The SMILES string of the molecule is O=C(Cn1cc(C=C2C(=O)NC(=O)N(C3CCCCC3)C2=O)c2ccccc21)Nc1ccc(F)cc1. The van der Waals surface area contributed by atoms with E-state index in [0.29, 0.717) is 11.3 Å². The molecular formula is C27H25FN4O4. The van der Waals surface area contributed by atoms with Crippen molar-refractivity contribution in [3.63, 3.8) is 0 Å². The van der Waals surface area contributed by atoms with Crippen molar-refractivity contribution in [2.24, 2.45) is 0 Å². The highest BCUT2D eigenvalue weighted by atomic mass is 19.1. The van der Waals surface area contributed by atoms with E-state index in [1.165, 1.54) is 35.2 Å². The van der Waals surface area contributed by atoms with E-state index in [-0.39, 0.29) is 24.1 Å². The molecule has 9 heteroatoms. The van der Waals surface area contributed by atoms with E-state index in [4.69, 9.17) is 0 Å². The number of urea groups is 1. The fourth-order valence-corrected chi connectivity index (χ4v) is 4.91. The van der Waals surface area contributed by atoms with Gasteiger partial charge in [-0.3, -0.25) is 24.6 Å². The van der Waals surface area contributed by atoms with E-state index in [0.717, 1.165) is 43.0 Å². The van der Waals surface area contributed by atoms with E-state index >= 15 is 0 Å². The summed E-state index contributed by atoms with van der Waals surface area (Å²) in [6.45, 7) is -0.0338. The first-order chi connectivity index (χ1) is 17.4. The van der Waals surface area contributed by atoms with E-state index < -0.39 is 23.7 Å². The highest BCUT2D eigenvalue weighted by molar-refractivity contribution is 6.31. The summed E-state index contributed by atoms with van der Waals surface area (Å²) in [5, 5.41) is 5.79. The highest BCUT2D eigenvalue weighted by Gasteiger charge is 2.40. The lowest BCUT2D eigenvalue weighted by Crippen LogP contribution is -2.58. The zero-order valence-electron chi connectivity index (χ0n) is 19.5. The molecule has 1 aliphatic carbocycles. The predicted molar refractivity (Wildman–Crippen MR) is 132 cm³/mol. The maximum absolute atomic E-state index is 13.3. The number of hydrogen-bond acceptors (Lipinski definition) is 4. The first-order valence-electron chi connectivity index (χ1n) is 11.9. The van der Waals surface area contributed by atoms with Gasteiger partial charge in [0.25, 0.3) is 11.8 Å². The standard InChI is InChI=1S/C27H25FN4O4/c28-18-10-12-19(13-11-18)29-24(33)16-31-15-17(21-8-4-5-9-23(21)31)14-22-25(34)30-27(36)32(26(22)35)20-6-2-1-3-7-20/h4-5,8-15,20H,1-3,6-7,16H2,(H,29,33)(H,30,34,36). The van der Waals surface area contributed by atoms with E-state index in [1.54, 1.807) is 10.8 Å². The molecule has 36 heavy (non-hydrogen) atoms. The van der Waals surface area contributed by atoms with E-state index in [1.807, 2.05) is 24.3 Å². The number of para-hydroxylation sites is 1. The van der Waals surface area contributed by atoms with E-state index in [9.17, 15) is 23.6 Å². The highest BCUT2D eigenvalue weighted by Crippen LogP contribution is 2.28. The number of halogens is 1. The van der Waals surface area contributed by atoms with Gasteiger partial charge in [-0.05, 0) is 49.2 Å². The van der Waals surface area contributed by atoms with Crippen molar-refractivity contribution >= 4 is 46.4 Å². The molecule has 2 heterocycles. The largest absolute Gasteiger partial charge is 0.337 e. The Balaban J connectivity index is 1.44. The van der Waals surface area contributed by atoms with E-state index in [2.05, 4.69) is 10.6 Å². The van der Waals surface area contributed by atoms with Gasteiger partial charge in [0.1, 0.15) is 17.9 Å². The molecule has 3 aromatic rings. The molecule has 2 fully saturated rings. The molecule has 5 amide bonds. The third kappa shape index (κ3) is 4.64. The van der Waals surface area contributed by atoms with Crippen LogP contribution in [0.5, 0.6) is 0 Å². The van der Waals surface area contributed by atoms with Crippen LogP contribution in [-0.4, -0.2) is 39.3 Å². The van der Waals surface area contributed by atoms with Gasteiger partial charge in [-0.2, -0.15) is 0 Å². The van der Waals surface area contributed by atoms with Crippen molar-refractivity contribution in [2.45, 2.75) is 44.7 Å². The molecule has 1 saturated heterocycles. The Bertz CT molecular complexity index is 1390. The lowest BCUT2D eigenvalue weighted by atomic mass is 9.93. The zero-order valence-corrected chi connectivity index (χ0v) is 19.5. The number of nitrogens with zero attached hydrogens (tertiary/aromatic N) is 2. The van der Waals surface area contributed by atoms with Crippen molar-refractivity contribution in [3.05, 3.63) is 71.7 Å². The second-order valence-electron chi connectivity index (χ2n) is 9.07. The van der Waals surface area contributed by atoms with Crippen molar-refractivity contribution in [1.82, 2.24) is 14.8 Å². The first-order valence-corrected chi connectivity index (χ1v) is 11.9. The Morgan fingerprint density at radius 3 is 2.50 bits per heavy atom. The molecule has 0 unspecified atom stereocenters. The molecule has 1 saturated carbocycles. The fourth-order valence-electron chi connectivity index (χ4n) is 4.91. The van der Waals surface area contributed by atoms with Crippen molar-refractivity contribution < 1.29 is 23.6 Å². The molecule has 0 spiro atoms. The maximum atomic E-state index is 13.3. The summed E-state index contributed by atoms with van der Waals surface area (Å²) in [5.74, 6) is -2.04. The van der Waals surface area contributed by atoms with Gasteiger partial charge in [0, 0.05) is 34.4 Å². The first kappa shape index (κ1) is 23.5. The lowest BCUT2D eigenvalue weighted by Gasteiger charge is -2.35. The summed E-state index contributed by atoms with van der Waals surface area (Å²) in [4.78, 5) is 52.3. The van der Waals surface area contributed by atoms with Gasteiger partial charge in [0.05, 0.1) is 0 Å². The number of benzene rings is 2. The molecule has 0 atom stereocenters.